The highest BCUT2D eigenvalue weighted by Crippen LogP contribution is 2.28. The Kier molecular flexibility index (Phi) is 8.09. The van der Waals surface area contributed by atoms with Crippen LogP contribution < -0.4 is 9.80 Å². The van der Waals surface area contributed by atoms with E-state index in [4.69, 9.17) is 14.8 Å². The summed E-state index contributed by atoms with van der Waals surface area (Å²) in [6, 6.07) is 14.3. The Balaban J connectivity index is 1.38. The molecule has 5 rings (SSSR count). The quantitative estimate of drug-likeness (QED) is 0.433. The minimum absolute atomic E-state index is 0.00125. The van der Waals surface area contributed by atoms with E-state index >= 15 is 0 Å². The minimum Gasteiger partial charge on any atom is -0.478 e. The van der Waals surface area contributed by atoms with Crippen molar-refractivity contribution in [2.45, 2.75) is 32.2 Å². The number of hydrogen-bond acceptors (Lipinski definition) is 6. The molecule has 0 bridgehead atoms. The fourth-order valence-corrected chi connectivity index (χ4v) is 5.02. The molecular formula is C30H32N4O4. The number of carboxylic acids is 1. The predicted octanol–water partition coefficient (Wildman–Crippen LogP) is 4.80. The maximum atomic E-state index is 13.6. The van der Waals surface area contributed by atoms with Gasteiger partial charge in [0.25, 0.3) is 0 Å². The van der Waals surface area contributed by atoms with E-state index in [0.717, 1.165) is 36.0 Å². The highest BCUT2D eigenvalue weighted by atomic mass is 16.5. The highest BCUT2D eigenvalue weighted by molar-refractivity contribution is 5.95. The fraction of sp³-hybridized carbons (Fsp3) is 0.333. The molecule has 1 aromatic carbocycles. The molecule has 0 radical (unpaired) electrons. The normalized spacial score (nSPS) is 16.2. The van der Waals surface area contributed by atoms with E-state index in [1.165, 1.54) is 24.6 Å². The number of aliphatic carboxylic acids is 1. The molecule has 8 heteroatoms. The van der Waals surface area contributed by atoms with Crippen LogP contribution in [0.5, 0.6) is 0 Å². The molecule has 2 saturated heterocycles. The van der Waals surface area contributed by atoms with Crippen LogP contribution in [0, 0.1) is 5.92 Å². The molecule has 38 heavy (non-hydrogen) atoms. The second-order valence-corrected chi connectivity index (χ2v) is 9.74. The van der Waals surface area contributed by atoms with Crippen molar-refractivity contribution in [3.63, 3.8) is 0 Å². The van der Waals surface area contributed by atoms with Crippen molar-refractivity contribution in [1.82, 2.24) is 9.97 Å². The molecule has 2 fully saturated rings. The first kappa shape index (κ1) is 25.6. The first-order valence-electron chi connectivity index (χ1n) is 13.1. The summed E-state index contributed by atoms with van der Waals surface area (Å²) in [5, 5.41) is 8.99. The predicted molar refractivity (Wildman–Crippen MR) is 147 cm³/mol. The third-order valence-corrected chi connectivity index (χ3v) is 7.11. The third kappa shape index (κ3) is 6.26. The largest absolute Gasteiger partial charge is 0.478 e. The van der Waals surface area contributed by atoms with Crippen LogP contribution in [0.15, 0.2) is 67.1 Å². The van der Waals surface area contributed by atoms with Crippen molar-refractivity contribution in [3.05, 3.63) is 78.4 Å². The Bertz CT molecular complexity index is 1300. The standard InChI is InChI=1S/C30H32N4O4/c35-29(36)9-6-22-16-28(20-31-18-22)34(30(37)23-10-14-38-15-11-23)21-26-8-7-25(19-32-26)24-4-3-5-27(17-24)33-12-1-2-13-33/h3-9,16-20,23H,1-2,10-15,21H2,(H,35,36). The lowest BCUT2D eigenvalue weighted by Gasteiger charge is -2.29. The molecule has 1 amide bonds. The van der Waals surface area contributed by atoms with Gasteiger partial charge in [-0.05, 0) is 67.2 Å². The molecule has 8 nitrogen and oxygen atoms in total. The number of nitrogens with zero attached hydrogens (tertiary/aromatic N) is 4. The lowest BCUT2D eigenvalue weighted by atomic mass is 9.98. The van der Waals surface area contributed by atoms with E-state index in [1.807, 2.05) is 18.3 Å². The number of ether oxygens (including phenoxy) is 1. The van der Waals surface area contributed by atoms with Crippen LogP contribution in [-0.2, 0) is 20.9 Å². The van der Waals surface area contributed by atoms with Gasteiger partial charge >= 0.3 is 5.97 Å². The monoisotopic (exact) mass is 512 g/mol. The summed E-state index contributed by atoms with van der Waals surface area (Å²) < 4.78 is 5.46. The Hall–Kier alpha value is -4.04. The number of anilines is 2. The molecule has 2 aliphatic rings. The number of rotatable bonds is 8. The summed E-state index contributed by atoms with van der Waals surface area (Å²) in [7, 11) is 0. The van der Waals surface area contributed by atoms with Crippen LogP contribution in [0.4, 0.5) is 11.4 Å². The van der Waals surface area contributed by atoms with Crippen molar-refractivity contribution in [3.8, 4) is 11.1 Å². The van der Waals surface area contributed by atoms with Gasteiger partial charge in [-0.15, -0.1) is 0 Å². The van der Waals surface area contributed by atoms with Crippen LogP contribution in [0.1, 0.15) is 36.9 Å². The van der Waals surface area contributed by atoms with Crippen LogP contribution in [-0.4, -0.2) is 53.3 Å². The van der Waals surface area contributed by atoms with Crippen LogP contribution in [0.3, 0.4) is 0 Å². The van der Waals surface area contributed by atoms with Crippen molar-refractivity contribution in [1.29, 1.82) is 0 Å². The summed E-state index contributed by atoms with van der Waals surface area (Å²) >= 11 is 0. The molecule has 2 aliphatic heterocycles. The number of carbonyl (C=O) groups excluding carboxylic acids is 1. The summed E-state index contributed by atoms with van der Waals surface area (Å²) in [4.78, 5) is 37.7. The van der Waals surface area contributed by atoms with Gasteiger partial charge in [0.05, 0.1) is 24.1 Å². The van der Waals surface area contributed by atoms with E-state index in [9.17, 15) is 9.59 Å². The second kappa shape index (κ2) is 12.0. The average molecular weight is 513 g/mol. The van der Waals surface area contributed by atoms with Crippen molar-refractivity contribution in [2.24, 2.45) is 5.92 Å². The maximum absolute atomic E-state index is 13.6. The van der Waals surface area contributed by atoms with E-state index in [0.29, 0.717) is 37.3 Å². The number of hydrogen-bond donors (Lipinski definition) is 1. The molecule has 0 spiro atoms. The topological polar surface area (TPSA) is 95.9 Å². The molecule has 196 valence electrons. The zero-order valence-electron chi connectivity index (χ0n) is 21.3. The van der Waals surface area contributed by atoms with Gasteiger partial charge in [0.2, 0.25) is 5.91 Å². The lowest BCUT2D eigenvalue weighted by molar-refractivity contribution is -0.131. The summed E-state index contributed by atoms with van der Waals surface area (Å²) in [5.74, 6) is -1.19. The van der Waals surface area contributed by atoms with Gasteiger partial charge in [-0.2, -0.15) is 0 Å². The number of carboxylic acid groups (broad SMARTS) is 1. The van der Waals surface area contributed by atoms with Crippen LogP contribution >= 0.6 is 0 Å². The Labute approximate surface area is 222 Å². The summed E-state index contributed by atoms with van der Waals surface area (Å²) in [6.45, 7) is 3.61. The zero-order valence-corrected chi connectivity index (χ0v) is 21.3. The Morgan fingerprint density at radius 3 is 2.58 bits per heavy atom. The first-order chi connectivity index (χ1) is 18.6. The van der Waals surface area contributed by atoms with E-state index < -0.39 is 5.97 Å². The second-order valence-electron chi connectivity index (χ2n) is 9.74. The SMILES string of the molecule is O=C(O)C=Cc1cncc(N(Cc2ccc(-c3cccc(N4CCCC4)c3)cn2)C(=O)C2CCOCC2)c1. The van der Waals surface area contributed by atoms with Gasteiger partial charge in [-0.1, -0.05) is 18.2 Å². The van der Waals surface area contributed by atoms with Crippen molar-refractivity contribution in [2.75, 3.05) is 36.1 Å². The summed E-state index contributed by atoms with van der Waals surface area (Å²) in [5.41, 5.74) is 5.36. The van der Waals surface area contributed by atoms with Gasteiger partial charge in [0.1, 0.15) is 0 Å². The van der Waals surface area contributed by atoms with Crippen molar-refractivity contribution >= 4 is 29.3 Å². The van der Waals surface area contributed by atoms with E-state index in [-0.39, 0.29) is 18.4 Å². The van der Waals surface area contributed by atoms with Gasteiger partial charge in [-0.25, -0.2) is 4.79 Å². The van der Waals surface area contributed by atoms with Gasteiger partial charge in [-0.3, -0.25) is 14.8 Å². The molecule has 1 N–H and O–H groups in total. The Morgan fingerprint density at radius 2 is 1.84 bits per heavy atom. The average Bonchev–Trinajstić information content (AvgIpc) is 3.51. The fourth-order valence-electron chi connectivity index (χ4n) is 5.02. The Morgan fingerprint density at radius 1 is 1.03 bits per heavy atom. The molecule has 3 aromatic rings. The highest BCUT2D eigenvalue weighted by Gasteiger charge is 2.28. The van der Waals surface area contributed by atoms with Crippen molar-refractivity contribution < 1.29 is 19.4 Å². The van der Waals surface area contributed by atoms with Crippen LogP contribution in [0.2, 0.25) is 0 Å². The number of aromatic nitrogens is 2. The molecule has 2 aromatic heterocycles. The first-order valence-corrected chi connectivity index (χ1v) is 13.1. The number of benzene rings is 1. The lowest BCUT2D eigenvalue weighted by Crippen LogP contribution is -2.38. The smallest absolute Gasteiger partial charge is 0.328 e. The van der Waals surface area contributed by atoms with Gasteiger partial charge < -0.3 is 19.6 Å². The number of carbonyl (C=O) groups is 2. The van der Waals surface area contributed by atoms with Crippen LogP contribution in [0.25, 0.3) is 17.2 Å². The molecule has 0 unspecified atom stereocenters. The van der Waals surface area contributed by atoms with Gasteiger partial charge in [0, 0.05) is 61.9 Å². The number of amides is 1. The summed E-state index contributed by atoms with van der Waals surface area (Å²) in [6.07, 6.45) is 11.4. The molecular weight excluding hydrogens is 480 g/mol. The molecule has 0 saturated carbocycles. The third-order valence-electron chi connectivity index (χ3n) is 7.11. The molecule has 0 aliphatic carbocycles. The molecule has 4 heterocycles. The molecule has 0 atom stereocenters. The minimum atomic E-state index is -1.04. The van der Waals surface area contributed by atoms with E-state index in [1.54, 1.807) is 23.4 Å². The zero-order chi connectivity index (χ0) is 26.3. The van der Waals surface area contributed by atoms with Gasteiger partial charge in [0.15, 0.2) is 0 Å². The maximum Gasteiger partial charge on any atom is 0.328 e. The van der Waals surface area contributed by atoms with E-state index in [2.05, 4.69) is 34.1 Å². The number of pyridine rings is 2.